The molecule has 5 nitrogen and oxygen atoms in total. The van der Waals surface area contributed by atoms with Crippen molar-refractivity contribution < 1.29 is 14.6 Å². The number of nitrogens with zero attached hydrogens (tertiary/aromatic N) is 1. The molecule has 0 spiro atoms. The van der Waals surface area contributed by atoms with Crippen LogP contribution in [0.2, 0.25) is 0 Å². The number of carbonyl (C=O) groups excluding carboxylic acids is 1. The van der Waals surface area contributed by atoms with Crippen LogP contribution in [0.5, 0.6) is 0 Å². The van der Waals surface area contributed by atoms with Crippen molar-refractivity contribution in [3.05, 3.63) is 22.4 Å². The first-order valence-electron chi connectivity index (χ1n) is 6.45. The maximum Gasteiger partial charge on any atom is 0.250 e. The van der Waals surface area contributed by atoms with Crippen molar-refractivity contribution in [2.24, 2.45) is 0 Å². The third-order valence-corrected chi connectivity index (χ3v) is 4.17. The topological polar surface area (TPSA) is 61.8 Å². The van der Waals surface area contributed by atoms with Gasteiger partial charge in [0, 0.05) is 24.6 Å². The maximum atomic E-state index is 12.2. The van der Waals surface area contributed by atoms with E-state index in [4.69, 9.17) is 9.84 Å². The lowest BCUT2D eigenvalue weighted by Crippen LogP contribution is -2.49. The first kappa shape index (κ1) is 14.5. The highest BCUT2D eigenvalue weighted by Crippen LogP contribution is 2.22. The van der Waals surface area contributed by atoms with Gasteiger partial charge in [-0.1, -0.05) is 6.07 Å². The molecule has 19 heavy (non-hydrogen) atoms. The van der Waals surface area contributed by atoms with E-state index in [9.17, 15) is 4.79 Å². The molecule has 1 aromatic rings. The SMILES string of the molecule is CN1CCOC(C(=O)NC(CCO)c2cccs2)C1. The minimum atomic E-state index is -0.417. The van der Waals surface area contributed by atoms with Gasteiger partial charge in [-0.15, -0.1) is 11.3 Å². The van der Waals surface area contributed by atoms with E-state index in [1.165, 1.54) is 0 Å². The van der Waals surface area contributed by atoms with Crippen molar-refractivity contribution in [2.45, 2.75) is 18.6 Å². The Bertz CT molecular complexity index is 397. The summed E-state index contributed by atoms with van der Waals surface area (Å²) in [6, 6.07) is 3.79. The van der Waals surface area contributed by atoms with Gasteiger partial charge in [0.05, 0.1) is 12.6 Å². The average molecular weight is 284 g/mol. The van der Waals surface area contributed by atoms with Crippen LogP contribution in [0.25, 0.3) is 0 Å². The standard InChI is InChI=1S/C13H20N2O3S/c1-15-5-7-18-11(9-15)13(17)14-10(4-6-16)12-3-2-8-19-12/h2-3,8,10-11,16H,4-7,9H2,1H3,(H,14,17). The Morgan fingerprint density at radius 2 is 2.58 bits per heavy atom. The van der Waals surface area contributed by atoms with E-state index < -0.39 is 6.10 Å². The maximum absolute atomic E-state index is 12.2. The minimum Gasteiger partial charge on any atom is -0.396 e. The lowest BCUT2D eigenvalue weighted by Gasteiger charge is -2.30. The molecular formula is C13H20N2O3S. The van der Waals surface area contributed by atoms with Gasteiger partial charge in [-0.3, -0.25) is 4.79 Å². The smallest absolute Gasteiger partial charge is 0.250 e. The number of aliphatic hydroxyl groups is 1. The van der Waals surface area contributed by atoms with Gasteiger partial charge in [-0.05, 0) is 24.9 Å². The van der Waals surface area contributed by atoms with Crippen molar-refractivity contribution in [3.63, 3.8) is 0 Å². The number of nitrogens with one attached hydrogen (secondary N) is 1. The van der Waals surface area contributed by atoms with Gasteiger partial charge >= 0.3 is 0 Å². The highest BCUT2D eigenvalue weighted by molar-refractivity contribution is 7.10. The Morgan fingerprint density at radius 3 is 3.21 bits per heavy atom. The van der Waals surface area contributed by atoms with Crippen LogP contribution in [-0.2, 0) is 9.53 Å². The lowest BCUT2D eigenvalue weighted by atomic mass is 10.1. The third kappa shape index (κ3) is 4.01. The quantitative estimate of drug-likeness (QED) is 0.832. The molecule has 2 rings (SSSR count). The number of carbonyl (C=O) groups is 1. The molecule has 2 unspecified atom stereocenters. The van der Waals surface area contributed by atoms with E-state index >= 15 is 0 Å². The summed E-state index contributed by atoms with van der Waals surface area (Å²) in [7, 11) is 1.98. The molecule has 2 N–H and O–H groups in total. The van der Waals surface area contributed by atoms with Crippen LogP contribution >= 0.6 is 11.3 Å². The summed E-state index contributed by atoms with van der Waals surface area (Å²) < 4.78 is 5.49. The summed E-state index contributed by atoms with van der Waals surface area (Å²) in [5.41, 5.74) is 0. The Hall–Kier alpha value is -0.950. The molecule has 0 aromatic carbocycles. The van der Waals surface area contributed by atoms with Crippen LogP contribution in [0.3, 0.4) is 0 Å². The van der Waals surface area contributed by atoms with E-state index in [1.54, 1.807) is 11.3 Å². The fourth-order valence-electron chi connectivity index (χ4n) is 2.11. The molecule has 0 saturated carbocycles. The molecule has 2 atom stereocenters. The Labute approximate surface area is 117 Å². The van der Waals surface area contributed by atoms with Crippen LogP contribution in [0.1, 0.15) is 17.3 Å². The summed E-state index contributed by atoms with van der Waals surface area (Å²) in [5, 5.41) is 14.1. The van der Waals surface area contributed by atoms with Crippen LogP contribution < -0.4 is 5.32 Å². The predicted octanol–water partition coefficient (Wildman–Crippen LogP) is 0.618. The Balaban J connectivity index is 1.95. The summed E-state index contributed by atoms with van der Waals surface area (Å²) in [6.07, 6.45) is 0.106. The predicted molar refractivity (Wildman–Crippen MR) is 74.1 cm³/mol. The van der Waals surface area contributed by atoms with Crippen LogP contribution in [0, 0.1) is 0 Å². The monoisotopic (exact) mass is 284 g/mol. The number of likely N-dealkylation sites (N-methyl/N-ethyl adjacent to an activating group) is 1. The highest BCUT2D eigenvalue weighted by atomic mass is 32.1. The number of thiophene rings is 1. The zero-order chi connectivity index (χ0) is 13.7. The van der Waals surface area contributed by atoms with Crippen molar-refractivity contribution >= 4 is 17.2 Å². The normalized spacial score (nSPS) is 22.1. The molecule has 1 fully saturated rings. The molecule has 0 aliphatic carbocycles. The summed E-state index contributed by atoms with van der Waals surface area (Å²) >= 11 is 1.58. The molecule has 0 radical (unpaired) electrons. The summed E-state index contributed by atoms with van der Waals surface area (Å²) in [4.78, 5) is 15.3. The minimum absolute atomic E-state index is 0.0499. The van der Waals surface area contributed by atoms with Crippen molar-refractivity contribution in [2.75, 3.05) is 33.4 Å². The molecule has 1 aromatic heterocycles. The first-order chi connectivity index (χ1) is 9.20. The molecule has 1 amide bonds. The van der Waals surface area contributed by atoms with E-state index in [0.29, 0.717) is 19.6 Å². The highest BCUT2D eigenvalue weighted by Gasteiger charge is 2.27. The largest absolute Gasteiger partial charge is 0.396 e. The zero-order valence-electron chi connectivity index (χ0n) is 11.0. The van der Waals surface area contributed by atoms with Gasteiger partial charge < -0.3 is 20.1 Å². The van der Waals surface area contributed by atoms with Gasteiger partial charge in [0.2, 0.25) is 0 Å². The van der Waals surface area contributed by atoms with Crippen molar-refractivity contribution in [1.29, 1.82) is 0 Å². The van der Waals surface area contributed by atoms with Crippen LogP contribution in [0.15, 0.2) is 17.5 Å². The molecule has 1 aliphatic heterocycles. The number of rotatable bonds is 5. The second kappa shape index (κ2) is 7.00. The molecule has 1 saturated heterocycles. The van der Waals surface area contributed by atoms with E-state index in [0.717, 1.165) is 11.4 Å². The first-order valence-corrected chi connectivity index (χ1v) is 7.33. The van der Waals surface area contributed by atoms with Gasteiger partial charge in [0.15, 0.2) is 0 Å². The van der Waals surface area contributed by atoms with E-state index in [-0.39, 0.29) is 18.6 Å². The Morgan fingerprint density at radius 1 is 1.74 bits per heavy atom. The van der Waals surface area contributed by atoms with Gasteiger partial charge in [-0.25, -0.2) is 0 Å². The second-order valence-corrected chi connectivity index (χ2v) is 5.69. The van der Waals surface area contributed by atoms with Crippen molar-refractivity contribution in [1.82, 2.24) is 10.2 Å². The summed E-state index contributed by atoms with van der Waals surface area (Å²) in [6.45, 7) is 2.10. The number of aliphatic hydroxyl groups excluding tert-OH is 1. The molecule has 106 valence electrons. The van der Waals surface area contributed by atoms with E-state index in [1.807, 2.05) is 24.6 Å². The third-order valence-electron chi connectivity index (χ3n) is 3.18. The van der Waals surface area contributed by atoms with E-state index in [2.05, 4.69) is 10.2 Å². The van der Waals surface area contributed by atoms with Gasteiger partial charge in [0.1, 0.15) is 6.10 Å². The zero-order valence-corrected chi connectivity index (χ0v) is 11.9. The molecule has 2 heterocycles. The molecule has 0 bridgehead atoms. The second-order valence-electron chi connectivity index (χ2n) is 4.71. The van der Waals surface area contributed by atoms with Crippen LogP contribution in [0.4, 0.5) is 0 Å². The fourth-order valence-corrected chi connectivity index (χ4v) is 2.92. The molecular weight excluding hydrogens is 264 g/mol. The number of hydrogen-bond donors (Lipinski definition) is 2. The fraction of sp³-hybridized carbons (Fsp3) is 0.615. The molecule has 6 heteroatoms. The van der Waals surface area contributed by atoms with Gasteiger partial charge in [0.25, 0.3) is 5.91 Å². The average Bonchev–Trinajstić information content (AvgIpc) is 2.92. The molecule has 1 aliphatic rings. The number of morpholine rings is 1. The summed E-state index contributed by atoms with van der Waals surface area (Å²) in [5.74, 6) is -0.0987. The van der Waals surface area contributed by atoms with Crippen molar-refractivity contribution in [3.8, 4) is 0 Å². The number of hydrogen-bond acceptors (Lipinski definition) is 5. The lowest BCUT2D eigenvalue weighted by molar-refractivity contribution is -0.138. The number of amides is 1. The van der Waals surface area contributed by atoms with Crippen LogP contribution in [-0.4, -0.2) is 55.4 Å². The Kier molecular flexibility index (Phi) is 5.33. The number of ether oxygens (including phenoxy) is 1. The van der Waals surface area contributed by atoms with Gasteiger partial charge in [-0.2, -0.15) is 0 Å².